The summed E-state index contributed by atoms with van der Waals surface area (Å²) in [5, 5.41) is 5.98. The van der Waals surface area contributed by atoms with Crippen molar-refractivity contribution in [1.82, 2.24) is 14.9 Å². The number of fused-ring (bicyclic) bond motifs is 1. The monoisotopic (exact) mass is 415 g/mol. The molecule has 4 N–H and O–H groups in total. The maximum absolute atomic E-state index is 13.3. The van der Waals surface area contributed by atoms with Crippen molar-refractivity contribution in [3.05, 3.63) is 34.4 Å². The van der Waals surface area contributed by atoms with Gasteiger partial charge in [-0.15, -0.1) is 0 Å². The summed E-state index contributed by atoms with van der Waals surface area (Å²) in [6, 6.07) is 4.69. The largest absolute Gasteiger partial charge is 0.382 e. The van der Waals surface area contributed by atoms with E-state index in [-0.39, 0.29) is 24.3 Å². The Kier molecular flexibility index (Phi) is 7.53. The van der Waals surface area contributed by atoms with Crippen LogP contribution in [0, 0.1) is 6.92 Å². The first-order valence-corrected chi connectivity index (χ1v) is 10.4. The SMILES string of the molecule is Cc1nc2cccc(NCCOCCCCCN)c2c(=O)n1C1CCC(=O)NC1=O. The number of hydrogen-bond acceptors (Lipinski definition) is 7. The first kappa shape index (κ1) is 21.9. The number of nitrogens with two attached hydrogens (primary N) is 1. The van der Waals surface area contributed by atoms with Crippen molar-refractivity contribution in [2.24, 2.45) is 5.73 Å². The maximum Gasteiger partial charge on any atom is 0.264 e. The number of benzene rings is 1. The molecule has 1 fully saturated rings. The molecule has 1 unspecified atom stereocenters. The summed E-state index contributed by atoms with van der Waals surface area (Å²) in [5.74, 6) is -0.341. The lowest BCUT2D eigenvalue weighted by atomic mass is 10.1. The molecule has 1 atom stereocenters. The molecule has 1 saturated heterocycles. The first-order valence-electron chi connectivity index (χ1n) is 10.4. The van der Waals surface area contributed by atoms with Crippen molar-refractivity contribution < 1.29 is 14.3 Å². The molecular formula is C21H29N5O4. The van der Waals surface area contributed by atoms with Crippen molar-refractivity contribution in [3.63, 3.8) is 0 Å². The van der Waals surface area contributed by atoms with E-state index in [0.29, 0.717) is 48.7 Å². The number of amides is 2. The molecule has 0 saturated carbocycles. The van der Waals surface area contributed by atoms with Gasteiger partial charge in [0.1, 0.15) is 11.9 Å². The molecule has 1 aromatic heterocycles. The van der Waals surface area contributed by atoms with Crippen molar-refractivity contribution in [2.45, 2.75) is 45.1 Å². The van der Waals surface area contributed by atoms with Crippen LogP contribution in [0.3, 0.4) is 0 Å². The number of carbonyl (C=O) groups is 2. The lowest BCUT2D eigenvalue weighted by molar-refractivity contribution is -0.135. The highest BCUT2D eigenvalue weighted by molar-refractivity contribution is 5.99. The number of imide groups is 1. The van der Waals surface area contributed by atoms with Gasteiger partial charge in [0.25, 0.3) is 5.56 Å². The molecule has 1 aliphatic rings. The third kappa shape index (κ3) is 5.03. The van der Waals surface area contributed by atoms with Crippen LogP contribution in [0.2, 0.25) is 0 Å². The van der Waals surface area contributed by atoms with Gasteiger partial charge in [-0.2, -0.15) is 0 Å². The van der Waals surface area contributed by atoms with Gasteiger partial charge in [-0.25, -0.2) is 4.98 Å². The van der Waals surface area contributed by atoms with Gasteiger partial charge >= 0.3 is 0 Å². The molecule has 1 aliphatic heterocycles. The predicted octanol–water partition coefficient (Wildman–Crippen LogP) is 1.24. The van der Waals surface area contributed by atoms with Gasteiger partial charge in [0.15, 0.2) is 0 Å². The van der Waals surface area contributed by atoms with Crippen molar-refractivity contribution in [3.8, 4) is 0 Å². The van der Waals surface area contributed by atoms with Gasteiger partial charge in [0.05, 0.1) is 17.5 Å². The predicted molar refractivity (Wildman–Crippen MR) is 114 cm³/mol. The number of aryl methyl sites for hydroxylation is 1. The van der Waals surface area contributed by atoms with E-state index in [9.17, 15) is 14.4 Å². The second kappa shape index (κ2) is 10.3. The Bertz CT molecular complexity index is 972. The van der Waals surface area contributed by atoms with E-state index in [4.69, 9.17) is 10.5 Å². The number of unbranched alkanes of at least 4 members (excludes halogenated alkanes) is 2. The summed E-state index contributed by atoms with van der Waals surface area (Å²) in [4.78, 5) is 41.6. The third-order valence-electron chi connectivity index (χ3n) is 5.18. The second-order valence-electron chi connectivity index (χ2n) is 7.39. The van der Waals surface area contributed by atoms with Crippen LogP contribution < -0.4 is 21.9 Å². The first-order chi connectivity index (χ1) is 14.5. The van der Waals surface area contributed by atoms with Gasteiger partial charge in [0.2, 0.25) is 11.8 Å². The normalized spacial score (nSPS) is 16.7. The number of nitrogens with one attached hydrogen (secondary N) is 2. The number of piperidine rings is 1. The number of hydrogen-bond donors (Lipinski definition) is 3. The van der Waals surface area contributed by atoms with Crippen LogP contribution in [0.15, 0.2) is 23.0 Å². The van der Waals surface area contributed by atoms with E-state index in [1.54, 1.807) is 13.0 Å². The number of anilines is 1. The zero-order chi connectivity index (χ0) is 21.5. The summed E-state index contributed by atoms with van der Waals surface area (Å²) in [6.45, 7) is 4.14. The molecule has 162 valence electrons. The van der Waals surface area contributed by atoms with Crippen LogP contribution in [0.5, 0.6) is 0 Å². The molecule has 30 heavy (non-hydrogen) atoms. The summed E-state index contributed by atoms with van der Waals surface area (Å²) >= 11 is 0. The molecule has 2 aromatic rings. The Morgan fingerprint density at radius 1 is 1.23 bits per heavy atom. The van der Waals surface area contributed by atoms with Crippen molar-refractivity contribution >= 4 is 28.4 Å². The molecule has 9 nitrogen and oxygen atoms in total. The van der Waals surface area contributed by atoms with Gasteiger partial charge in [-0.3, -0.25) is 24.3 Å². The Labute approximate surface area is 175 Å². The number of rotatable bonds is 10. The standard InChI is InChI=1S/C21H29N5O4/c1-14-24-16-7-5-6-15(23-11-13-30-12-4-2-3-10-22)19(16)21(29)26(14)17-8-9-18(27)25-20(17)28/h5-7,17,23H,2-4,8-13,22H2,1H3,(H,25,27,28). The number of nitrogens with zero attached hydrogens (tertiary/aromatic N) is 2. The summed E-state index contributed by atoms with van der Waals surface area (Å²) < 4.78 is 7.01. The lowest BCUT2D eigenvalue weighted by Gasteiger charge is -2.24. The molecule has 0 aliphatic carbocycles. The average Bonchev–Trinajstić information content (AvgIpc) is 2.71. The van der Waals surface area contributed by atoms with Crippen LogP contribution in [-0.2, 0) is 14.3 Å². The van der Waals surface area contributed by atoms with E-state index >= 15 is 0 Å². The fraction of sp³-hybridized carbons (Fsp3) is 0.524. The van der Waals surface area contributed by atoms with Crippen molar-refractivity contribution in [1.29, 1.82) is 0 Å². The Morgan fingerprint density at radius 3 is 2.83 bits per heavy atom. The molecule has 9 heteroatoms. The fourth-order valence-electron chi connectivity index (χ4n) is 3.68. The zero-order valence-corrected chi connectivity index (χ0v) is 17.3. The summed E-state index contributed by atoms with van der Waals surface area (Å²) in [7, 11) is 0. The van der Waals surface area contributed by atoms with Crippen LogP contribution in [0.25, 0.3) is 10.9 Å². The summed E-state index contributed by atoms with van der Waals surface area (Å²) in [5.41, 5.74) is 6.39. The van der Waals surface area contributed by atoms with Gasteiger partial charge in [-0.05, 0) is 51.3 Å². The van der Waals surface area contributed by atoms with Gasteiger partial charge in [-0.1, -0.05) is 6.07 Å². The van der Waals surface area contributed by atoms with Crippen LogP contribution >= 0.6 is 0 Å². The third-order valence-corrected chi connectivity index (χ3v) is 5.18. The molecule has 2 heterocycles. The van der Waals surface area contributed by atoms with Crippen LogP contribution in [0.1, 0.15) is 44.0 Å². The minimum absolute atomic E-state index is 0.197. The fourth-order valence-corrected chi connectivity index (χ4v) is 3.68. The quantitative estimate of drug-likeness (QED) is 0.393. The highest BCUT2D eigenvalue weighted by atomic mass is 16.5. The Morgan fingerprint density at radius 2 is 2.07 bits per heavy atom. The highest BCUT2D eigenvalue weighted by Gasteiger charge is 2.30. The Balaban J connectivity index is 1.76. The smallest absolute Gasteiger partial charge is 0.264 e. The highest BCUT2D eigenvalue weighted by Crippen LogP contribution is 2.23. The van der Waals surface area contributed by atoms with Crippen molar-refractivity contribution in [2.75, 3.05) is 31.6 Å². The molecule has 0 spiro atoms. The van der Waals surface area contributed by atoms with E-state index in [1.807, 2.05) is 12.1 Å². The van der Waals surface area contributed by atoms with E-state index in [2.05, 4.69) is 15.6 Å². The van der Waals surface area contributed by atoms with E-state index < -0.39 is 11.9 Å². The zero-order valence-electron chi connectivity index (χ0n) is 17.3. The lowest BCUT2D eigenvalue weighted by Crippen LogP contribution is -2.45. The maximum atomic E-state index is 13.3. The molecule has 0 radical (unpaired) electrons. The van der Waals surface area contributed by atoms with E-state index in [1.165, 1.54) is 4.57 Å². The molecule has 0 bridgehead atoms. The average molecular weight is 415 g/mol. The second-order valence-corrected chi connectivity index (χ2v) is 7.39. The van der Waals surface area contributed by atoms with Crippen LogP contribution in [-0.4, -0.2) is 47.7 Å². The summed E-state index contributed by atoms with van der Waals surface area (Å²) in [6.07, 6.45) is 3.52. The van der Waals surface area contributed by atoms with E-state index in [0.717, 1.165) is 19.3 Å². The molecule has 1 aromatic carbocycles. The molecular weight excluding hydrogens is 386 g/mol. The van der Waals surface area contributed by atoms with Gasteiger partial charge < -0.3 is 15.8 Å². The number of ether oxygens (including phenoxy) is 1. The minimum atomic E-state index is -0.739. The molecule has 3 rings (SSSR count). The number of carbonyl (C=O) groups excluding carboxylic acids is 2. The minimum Gasteiger partial charge on any atom is -0.382 e. The Hall–Kier alpha value is -2.78. The topological polar surface area (TPSA) is 128 Å². The molecule has 2 amide bonds. The van der Waals surface area contributed by atoms with Crippen LogP contribution in [0.4, 0.5) is 5.69 Å². The number of aromatic nitrogens is 2. The van der Waals surface area contributed by atoms with Gasteiger partial charge in [0, 0.05) is 25.3 Å².